The van der Waals surface area contributed by atoms with Crippen molar-refractivity contribution in [3.8, 4) is 11.5 Å². The van der Waals surface area contributed by atoms with Crippen LogP contribution < -0.4 is 14.8 Å². The highest BCUT2D eigenvalue weighted by Gasteiger charge is 2.27. The lowest BCUT2D eigenvalue weighted by atomic mass is 10.1. The summed E-state index contributed by atoms with van der Waals surface area (Å²) in [5, 5.41) is 3.42. The topological polar surface area (TPSA) is 66.9 Å². The van der Waals surface area contributed by atoms with Crippen molar-refractivity contribution in [2.45, 2.75) is 19.5 Å². The molecule has 30 heavy (non-hydrogen) atoms. The highest BCUT2D eigenvalue weighted by Crippen LogP contribution is 2.28. The van der Waals surface area contributed by atoms with E-state index in [9.17, 15) is 4.79 Å². The Labute approximate surface area is 184 Å². The summed E-state index contributed by atoms with van der Waals surface area (Å²) in [5.74, 6) is 1.48. The van der Waals surface area contributed by atoms with Crippen LogP contribution in [0.1, 0.15) is 24.1 Å². The van der Waals surface area contributed by atoms with E-state index < -0.39 is 0 Å². The summed E-state index contributed by atoms with van der Waals surface area (Å²) in [7, 11) is 3.24. The molecule has 7 nitrogen and oxygen atoms in total. The zero-order valence-electron chi connectivity index (χ0n) is 17.8. The summed E-state index contributed by atoms with van der Waals surface area (Å²) < 4.78 is 10.7. The highest BCUT2D eigenvalue weighted by atomic mass is 35.5. The van der Waals surface area contributed by atoms with Crippen molar-refractivity contribution in [2.24, 2.45) is 0 Å². The van der Waals surface area contributed by atoms with E-state index in [2.05, 4.69) is 21.3 Å². The van der Waals surface area contributed by atoms with Gasteiger partial charge in [-0.3, -0.25) is 14.7 Å². The molecule has 0 radical (unpaired) electrons. The van der Waals surface area contributed by atoms with Gasteiger partial charge in [0.05, 0.1) is 20.8 Å². The second-order valence-electron chi connectivity index (χ2n) is 7.07. The Morgan fingerprint density at radius 1 is 1.27 bits per heavy atom. The van der Waals surface area contributed by atoms with Crippen molar-refractivity contribution >= 4 is 18.3 Å². The molecule has 0 saturated carbocycles. The van der Waals surface area contributed by atoms with Crippen molar-refractivity contribution in [1.82, 2.24) is 20.1 Å². The Morgan fingerprint density at radius 2 is 2.07 bits per heavy atom. The number of nitrogens with zero attached hydrogens (tertiary/aromatic N) is 3. The van der Waals surface area contributed by atoms with Crippen LogP contribution in [0.15, 0.2) is 42.7 Å². The van der Waals surface area contributed by atoms with E-state index in [1.165, 1.54) is 0 Å². The molecule has 1 amide bonds. The molecule has 1 aliphatic rings. The predicted molar refractivity (Wildman–Crippen MR) is 119 cm³/mol. The minimum absolute atomic E-state index is 0. The predicted octanol–water partition coefficient (Wildman–Crippen LogP) is 2.52. The molecule has 1 atom stereocenters. The van der Waals surface area contributed by atoms with E-state index in [0.717, 1.165) is 30.8 Å². The van der Waals surface area contributed by atoms with E-state index in [1.54, 1.807) is 20.4 Å². The number of halogens is 1. The maximum absolute atomic E-state index is 13.1. The first kappa shape index (κ1) is 23.9. The Kier molecular flexibility index (Phi) is 9.36. The van der Waals surface area contributed by atoms with Crippen LogP contribution in [0.4, 0.5) is 0 Å². The molecule has 1 fully saturated rings. The van der Waals surface area contributed by atoms with Gasteiger partial charge in [-0.2, -0.15) is 0 Å². The Balaban J connectivity index is 0.00000320. The maximum atomic E-state index is 13.1. The molecule has 164 valence electrons. The quantitative estimate of drug-likeness (QED) is 0.688. The number of piperazine rings is 1. The summed E-state index contributed by atoms with van der Waals surface area (Å²) >= 11 is 0. The van der Waals surface area contributed by atoms with Gasteiger partial charge in [0.2, 0.25) is 5.91 Å². The van der Waals surface area contributed by atoms with Crippen molar-refractivity contribution in [3.05, 3.63) is 53.9 Å². The molecule has 2 heterocycles. The molecule has 0 spiro atoms. The largest absolute Gasteiger partial charge is 0.493 e. The van der Waals surface area contributed by atoms with Gasteiger partial charge in [-0.05, 0) is 36.2 Å². The lowest BCUT2D eigenvalue weighted by Gasteiger charge is -2.37. The molecular formula is C22H31ClN4O3. The van der Waals surface area contributed by atoms with Crippen molar-refractivity contribution in [2.75, 3.05) is 46.9 Å². The SMILES string of the molecule is CCN(Cc1ccc(OC)c(OC)c1)C(=O)CN1CCNCC1c1cccnc1.Cl. The van der Waals surface area contributed by atoms with E-state index in [1.807, 2.05) is 42.3 Å². The minimum Gasteiger partial charge on any atom is -0.493 e. The zero-order valence-corrected chi connectivity index (χ0v) is 18.7. The van der Waals surface area contributed by atoms with Crippen molar-refractivity contribution in [3.63, 3.8) is 0 Å². The first-order chi connectivity index (χ1) is 14.2. The molecule has 1 aliphatic heterocycles. The molecule has 2 aromatic rings. The van der Waals surface area contributed by atoms with Gasteiger partial charge in [-0.15, -0.1) is 12.4 Å². The average molecular weight is 435 g/mol. The van der Waals surface area contributed by atoms with E-state index >= 15 is 0 Å². The van der Waals surface area contributed by atoms with Crippen molar-refractivity contribution < 1.29 is 14.3 Å². The second kappa shape index (κ2) is 11.7. The fourth-order valence-electron chi connectivity index (χ4n) is 3.69. The van der Waals surface area contributed by atoms with Crippen LogP contribution in [0.5, 0.6) is 11.5 Å². The number of rotatable bonds is 8. The molecule has 1 N–H and O–H groups in total. The number of likely N-dealkylation sites (N-methyl/N-ethyl adjacent to an activating group) is 1. The molecule has 1 unspecified atom stereocenters. The second-order valence-corrected chi connectivity index (χ2v) is 7.07. The van der Waals surface area contributed by atoms with Gasteiger partial charge >= 0.3 is 0 Å². The normalized spacial score (nSPS) is 16.4. The summed E-state index contributed by atoms with van der Waals surface area (Å²) in [5.41, 5.74) is 2.15. The Morgan fingerprint density at radius 3 is 2.73 bits per heavy atom. The minimum atomic E-state index is 0. The van der Waals surface area contributed by atoms with Gasteiger partial charge < -0.3 is 19.7 Å². The lowest BCUT2D eigenvalue weighted by molar-refractivity contribution is -0.133. The average Bonchev–Trinajstić information content (AvgIpc) is 2.78. The number of methoxy groups -OCH3 is 2. The van der Waals surface area contributed by atoms with Crippen LogP contribution in [0.25, 0.3) is 0 Å². The molecule has 8 heteroatoms. The van der Waals surface area contributed by atoms with Crippen LogP contribution in [-0.2, 0) is 11.3 Å². The van der Waals surface area contributed by atoms with Gasteiger partial charge in [0, 0.05) is 51.2 Å². The van der Waals surface area contributed by atoms with Crippen LogP contribution in [-0.4, -0.2) is 67.6 Å². The maximum Gasteiger partial charge on any atom is 0.237 e. The number of carbonyl (C=O) groups excluding carboxylic acids is 1. The Hall–Kier alpha value is -2.35. The number of pyridine rings is 1. The number of nitrogens with one attached hydrogen (secondary N) is 1. The lowest BCUT2D eigenvalue weighted by Crippen LogP contribution is -2.50. The molecular weight excluding hydrogens is 404 g/mol. The first-order valence-corrected chi connectivity index (χ1v) is 9.99. The van der Waals surface area contributed by atoms with Gasteiger partial charge in [0.1, 0.15) is 0 Å². The van der Waals surface area contributed by atoms with E-state index in [-0.39, 0.29) is 24.4 Å². The zero-order chi connectivity index (χ0) is 20.6. The van der Waals surface area contributed by atoms with Crippen LogP contribution in [0, 0.1) is 0 Å². The standard InChI is InChI=1S/C22H30N4O3.ClH/c1-4-25(15-17-7-8-20(28-2)21(12-17)29-3)22(27)16-26-11-10-24-14-19(26)18-6-5-9-23-13-18;/h5-9,12-13,19,24H,4,10-11,14-16H2,1-3H3;1H. The summed E-state index contributed by atoms with van der Waals surface area (Å²) in [6.07, 6.45) is 3.66. The number of hydrogen-bond acceptors (Lipinski definition) is 6. The third kappa shape index (κ3) is 5.84. The third-order valence-corrected chi connectivity index (χ3v) is 5.32. The summed E-state index contributed by atoms with van der Waals surface area (Å²) in [6.45, 7) is 6.12. The van der Waals surface area contributed by atoms with Gasteiger partial charge in [0.25, 0.3) is 0 Å². The van der Waals surface area contributed by atoms with Gasteiger partial charge in [0.15, 0.2) is 11.5 Å². The fourth-order valence-corrected chi connectivity index (χ4v) is 3.69. The molecule has 1 aromatic heterocycles. The monoisotopic (exact) mass is 434 g/mol. The van der Waals surface area contributed by atoms with E-state index in [0.29, 0.717) is 31.1 Å². The first-order valence-electron chi connectivity index (χ1n) is 9.99. The molecule has 0 bridgehead atoms. The Bertz CT molecular complexity index is 806. The van der Waals surface area contributed by atoms with E-state index in [4.69, 9.17) is 9.47 Å². The highest BCUT2D eigenvalue weighted by molar-refractivity contribution is 5.85. The van der Waals surface area contributed by atoms with Crippen LogP contribution in [0.2, 0.25) is 0 Å². The molecule has 0 aliphatic carbocycles. The third-order valence-electron chi connectivity index (χ3n) is 5.32. The molecule has 3 rings (SSSR count). The van der Waals surface area contributed by atoms with Gasteiger partial charge in [-0.25, -0.2) is 0 Å². The number of aromatic nitrogens is 1. The summed E-state index contributed by atoms with van der Waals surface area (Å²) in [4.78, 5) is 21.5. The number of ether oxygens (including phenoxy) is 2. The molecule has 1 saturated heterocycles. The smallest absolute Gasteiger partial charge is 0.237 e. The number of benzene rings is 1. The number of carbonyl (C=O) groups is 1. The fraction of sp³-hybridized carbons (Fsp3) is 0.455. The molecule has 1 aromatic carbocycles. The van der Waals surface area contributed by atoms with Crippen LogP contribution in [0.3, 0.4) is 0 Å². The summed E-state index contributed by atoms with van der Waals surface area (Å²) in [6, 6.07) is 9.95. The number of hydrogen-bond donors (Lipinski definition) is 1. The van der Waals surface area contributed by atoms with Gasteiger partial charge in [-0.1, -0.05) is 12.1 Å². The van der Waals surface area contributed by atoms with Crippen LogP contribution >= 0.6 is 12.4 Å². The number of amides is 1. The van der Waals surface area contributed by atoms with Crippen molar-refractivity contribution in [1.29, 1.82) is 0 Å².